The third kappa shape index (κ3) is 2.95. The van der Waals surface area contributed by atoms with Crippen LogP contribution in [0.5, 0.6) is 5.75 Å². The predicted molar refractivity (Wildman–Crippen MR) is 125 cm³/mol. The Morgan fingerprint density at radius 1 is 0.968 bits per heavy atom. The Morgan fingerprint density at radius 3 is 2.19 bits per heavy atom. The standard InChI is InChI=1S/C25H29BF2N2O/c1-7-21-15(3)24-17(5)25-16(4)22(8-2)23(14-11-19-9-12-20(31)13-10-19)30(25)26(27,28)29(24)18(21)6/h9-14,31H,7-8H2,1-6H3/b14-11+. The zero-order valence-electron chi connectivity index (χ0n) is 19.1. The second kappa shape index (κ2) is 7.36. The van der Waals surface area contributed by atoms with Gasteiger partial charge < -0.3 is 22.7 Å². The lowest BCUT2D eigenvalue weighted by Gasteiger charge is -2.33. The normalized spacial score (nSPS) is 17.8. The summed E-state index contributed by atoms with van der Waals surface area (Å²) < 4.78 is 35.0. The van der Waals surface area contributed by atoms with Crippen molar-refractivity contribution < 1.29 is 18.2 Å². The van der Waals surface area contributed by atoms with E-state index in [9.17, 15) is 5.11 Å². The molecule has 0 saturated carbocycles. The fraction of sp³-hybridized carbons (Fsp3) is 0.320. The summed E-state index contributed by atoms with van der Waals surface area (Å²) in [5.41, 5.74) is 8.13. The van der Waals surface area contributed by atoms with Crippen molar-refractivity contribution >= 4 is 24.3 Å². The maximum atomic E-state index is 16.2. The monoisotopic (exact) mass is 422 g/mol. The molecule has 0 unspecified atom stereocenters. The van der Waals surface area contributed by atoms with Gasteiger partial charge in [0.05, 0.1) is 0 Å². The van der Waals surface area contributed by atoms with Crippen LogP contribution in [0.1, 0.15) is 62.2 Å². The molecule has 0 fully saturated rings. The van der Waals surface area contributed by atoms with Crippen molar-refractivity contribution in [1.29, 1.82) is 0 Å². The van der Waals surface area contributed by atoms with Crippen LogP contribution in [0, 0.1) is 13.8 Å². The lowest BCUT2D eigenvalue weighted by atomic mass is 9.86. The molecular formula is C25H29BF2N2O. The molecule has 0 spiro atoms. The van der Waals surface area contributed by atoms with Crippen LogP contribution in [0.25, 0.3) is 11.6 Å². The molecule has 0 atom stereocenters. The zero-order chi connectivity index (χ0) is 22.7. The number of allylic oxidation sites excluding steroid dienone is 4. The number of nitrogens with zero attached hydrogens (tertiary/aromatic N) is 2. The molecule has 6 heteroatoms. The minimum atomic E-state index is -4.03. The summed E-state index contributed by atoms with van der Waals surface area (Å²) >= 11 is 0. The molecule has 0 amide bonds. The van der Waals surface area contributed by atoms with E-state index in [1.165, 1.54) is 8.96 Å². The van der Waals surface area contributed by atoms with Gasteiger partial charge in [0.25, 0.3) is 0 Å². The van der Waals surface area contributed by atoms with E-state index in [4.69, 9.17) is 0 Å². The number of rotatable bonds is 4. The summed E-state index contributed by atoms with van der Waals surface area (Å²) in [5, 5.41) is 9.52. The van der Waals surface area contributed by atoms with Crippen molar-refractivity contribution in [2.24, 2.45) is 0 Å². The summed E-state index contributed by atoms with van der Waals surface area (Å²) in [6.07, 6.45) is 5.04. The average molecular weight is 422 g/mol. The molecule has 1 N–H and O–H groups in total. The number of aromatic nitrogens is 1. The number of phenolic OH excluding ortho intramolecular Hbond substituents is 1. The summed E-state index contributed by atoms with van der Waals surface area (Å²) in [4.78, 5) is 0. The van der Waals surface area contributed by atoms with Gasteiger partial charge in [-0.25, -0.2) is 0 Å². The van der Waals surface area contributed by atoms with Gasteiger partial charge in [-0.1, -0.05) is 26.0 Å². The number of fused-ring (bicyclic) bond motifs is 2. The van der Waals surface area contributed by atoms with Crippen LogP contribution in [0.15, 0.2) is 47.2 Å². The van der Waals surface area contributed by atoms with E-state index in [0.717, 1.165) is 39.8 Å². The highest BCUT2D eigenvalue weighted by Gasteiger charge is 2.56. The van der Waals surface area contributed by atoms with Gasteiger partial charge in [0.2, 0.25) is 0 Å². The van der Waals surface area contributed by atoms with Crippen LogP contribution in [-0.4, -0.2) is 26.8 Å². The first-order chi connectivity index (χ1) is 14.6. The second-order valence-corrected chi connectivity index (χ2v) is 8.46. The van der Waals surface area contributed by atoms with Crippen molar-refractivity contribution in [1.82, 2.24) is 4.48 Å². The number of phenols is 1. The summed E-state index contributed by atoms with van der Waals surface area (Å²) in [6.45, 7) is 7.70. The Hall–Kier alpha value is -2.89. The molecule has 2 aliphatic heterocycles. The first-order valence-electron chi connectivity index (χ1n) is 10.9. The highest BCUT2D eigenvalue weighted by atomic mass is 19.2. The molecule has 2 aliphatic rings. The smallest absolute Gasteiger partial charge is 0.508 e. The van der Waals surface area contributed by atoms with Crippen LogP contribution in [0.4, 0.5) is 8.63 Å². The summed E-state index contributed by atoms with van der Waals surface area (Å²) in [5.74, 6) is 0.181. The molecule has 3 heterocycles. The van der Waals surface area contributed by atoms with Crippen molar-refractivity contribution in [3.63, 3.8) is 0 Å². The molecule has 1 aromatic carbocycles. The fourth-order valence-corrected chi connectivity index (χ4v) is 5.46. The molecule has 0 radical (unpaired) electrons. The highest BCUT2D eigenvalue weighted by molar-refractivity contribution is 6.58. The third-order valence-corrected chi connectivity index (χ3v) is 6.83. The quantitative estimate of drug-likeness (QED) is 0.580. The first-order valence-corrected chi connectivity index (χ1v) is 10.9. The van der Waals surface area contributed by atoms with E-state index in [2.05, 4.69) is 0 Å². The molecule has 3 nitrogen and oxygen atoms in total. The highest BCUT2D eigenvalue weighted by Crippen LogP contribution is 2.44. The van der Waals surface area contributed by atoms with E-state index in [-0.39, 0.29) is 5.75 Å². The minimum Gasteiger partial charge on any atom is -0.508 e. The summed E-state index contributed by atoms with van der Waals surface area (Å²) in [7, 11) is 0. The Morgan fingerprint density at radius 2 is 1.61 bits per heavy atom. The SMILES string of the molecule is CCC1=C(C)C2=C(C)c3c(C)c(CC)c(C)n3[B-](F)(F)[N+]2=C1/C=C/c1ccc(O)cc1. The minimum absolute atomic E-state index is 0.181. The zero-order valence-corrected chi connectivity index (χ0v) is 19.1. The Bertz CT molecular complexity index is 1210. The van der Waals surface area contributed by atoms with Gasteiger partial charge in [0.1, 0.15) is 5.75 Å². The molecule has 162 valence electrons. The first kappa shape index (κ1) is 21.4. The fourth-order valence-electron chi connectivity index (χ4n) is 5.46. The van der Waals surface area contributed by atoms with Crippen molar-refractivity contribution in [2.75, 3.05) is 0 Å². The third-order valence-electron chi connectivity index (χ3n) is 6.83. The van der Waals surface area contributed by atoms with E-state index in [1.54, 1.807) is 30.3 Å². The molecular weight excluding hydrogens is 393 g/mol. The second-order valence-electron chi connectivity index (χ2n) is 8.46. The van der Waals surface area contributed by atoms with Crippen molar-refractivity contribution in [3.8, 4) is 5.75 Å². The van der Waals surface area contributed by atoms with Gasteiger partial charge in [-0.05, 0) is 81.1 Å². The van der Waals surface area contributed by atoms with Gasteiger partial charge in [-0.2, -0.15) is 0 Å². The lowest BCUT2D eigenvalue weighted by molar-refractivity contribution is -0.362. The topological polar surface area (TPSA) is 28.2 Å². The van der Waals surface area contributed by atoms with Crippen LogP contribution in [0.2, 0.25) is 0 Å². The lowest BCUT2D eigenvalue weighted by Crippen LogP contribution is -2.51. The van der Waals surface area contributed by atoms with Gasteiger partial charge in [-0.3, -0.25) is 0 Å². The molecule has 0 bridgehead atoms. The van der Waals surface area contributed by atoms with E-state index in [0.29, 0.717) is 29.2 Å². The van der Waals surface area contributed by atoms with Crippen molar-refractivity contribution in [3.05, 3.63) is 75.3 Å². The number of hydrogen-bond acceptors (Lipinski definition) is 1. The Labute approximate surface area is 182 Å². The van der Waals surface area contributed by atoms with Gasteiger partial charge in [-0.15, -0.1) is 0 Å². The molecule has 4 rings (SSSR count). The molecule has 0 aliphatic carbocycles. The van der Waals surface area contributed by atoms with E-state index >= 15 is 8.63 Å². The van der Waals surface area contributed by atoms with Crippen LogP contribution in [0.3, 0.4) is 0 Å². The van der Waals surface area contributed by atoms with Gasteiger partial charge >= 0.3 is 6.97 Å². The molecule has 0 saturated heterocycles. The van der Waals surface area contributed by atoms with Crippen LogP contribution in [-0.2, 0) is 6.42 Å². The number of halogens is 2. The predicted octanol–water partition coefficient (Wildman–Crippen LogP) is 6.25. The summed E-state index contributed by atoms with van der Waals surface area (Å²) in [6, 6.07) is 6.74. The maximum Gasteiger partial charge on any atom is 0.737 e. The number of aromatic hydroxyl groups is 1. The van der Waals surface area contributed by atoms with Gasteiger partial charge in [0.15, 0.2) is 11.4 Å². The van der Waals surface area contributed by atoms with Gasteiger partial charge in [0, 0.05) is 28.5 Å². The average Bonchev–Trinajstić information content (AvgIpc) is 3.17. The van der Waals surface area contributed by atoms with E-state index < -0.39 is 6.97 Å². The van der Waals surface area contributed by atoms with Crippen LogP contribution < -0.4 is 0 Å². The Balaban J connectivity index is 2.00. The molecule has 1 aromatic heterocycles. The Kier molecular flexibility index (Phi) is 5.07. The molecule has 2 aromatic rings. The largest absolute Gasteiger partial charge is 0.737 e. The van der Waals surface area contributed by atoms with E-state index in [1.807, 2.05) is 47.6 Å². The van der Waals surface area contributed by atoms with Crippen molar-refractivity contribution in [2.45, 2.75) is 54.4 Å². The number of hydrogen-bond donors (Lipinski definition) is 1. The molecule has 31 heavy (non-hydrogen) atoms. The van der Waals surface area contributed by atoms with Crippen LogP contribution >= 0.6 is 0 Å². The number of benzene rings is 1. The maximum absolute atomic E-state index is 16.2.